The van der Waals surface area contributed by atoms with Gasteiger partial charge in [0.25, 0.3) is 0 Å². The molecule has 0 bridgehead atoms. The van der Waals surface area contributed by atoms with Crippen molar-refractivity contribution in [2.24, 2.45) is 5.92 Å². The average Bonchev–Trinajstić information content (AvgIpc) is 3.12. The number of methoxy groups -OCH3 is 1. The normalized spacial score (nSPS) is 23.5. The van der Waals surface area contributed by atoms with Crippen molar-refractivity contribution in [3.05, 3.63) is 29.8 Å². The van der Waals surface area contributed by atoms with Crippen LogP contribution in [0.1, 0.15) is 18.4 Å². The van der Waals surface area contributed by atoms with Crippen LogP contribution in [0.15, 0.2) is 24.3 Å². The number of hydrogen-bond acceptors (Lipinski definition) is 5. The molecule has 0 N–H and O–H groups in total. The molecule has 0 aliphatic carbocycles. The molecule has 28 heavy (non-hydrogen) atoms. The third-order valence-electron chi connectivity index (χ3n) is 5.91. The molecule has 3 aliphatic heterocycles. The van der Waals surface area contributed by atoms with E-state index in [4.69, 9.17) is 14.2 Å². The van der Waals surface area contributed by atoms with Crippen LogP contribution in [-0.2, 0) is 25.5 Å². The highest BCUT2D eigenvalue weighted by atomic mass is 16.5. The van der Waals surface area contributed by atoms with Gasteiger partial charge in [-0.05, 0) is 30.0 Å². The summed E-state index contributed by atoms with van der Waals surface area (Å²) in [6.45, 7) is 4.47. The van der Waals surface area contributed by atoms with Gasteiger partial charge in [-0.1, -0.05) is 12.1 Å². The molecule has 3 heterocycles. The van der Waals surface area contributed by atoms with Crippen molar-refractivity contribution in [2.45, 2.75) is 24.9 Å². The molecule has 0 aromatic heterocycles. The van der Waals surface area contributed by atoms with Gasteiger partial charge < -0.3 is 24.0 Å². The molecule has 0 saturated carbocycles. The van der Waals surface area contributed by atoms with Gasteiger partial charge in [0.15, 0.2) is 0 Å². The van der Waals surface area contributed by atoms with Gasteiger partial charge in [0.1, 0.15) is 11.4 Å². The number of rotatable bonds is 5. The van der Waals surface area contributed by atoms with E-state index in [0.29, 0.717) is 58.8 Å². The summed E-state index contributed by atoms with van der Waals surface area (Å²) in [6, 6.07) is 7.61. The molecule has 4 rings (SSSR count). The Hall–Kier alpha value is -2.12. The fraction of sp³-hybridized carbons (Fsp3) is 0.619. The molecule has 3 aliphatic rings. The van der Waals surface area contributed by atoms with Crippen LogP contribution in [0.3, 0.4) is 0 Å². The van der Waals surface area contributed by atoms with E-state index in [2.05, 4.69) is 0 Å². The largest absolute Gasteiger partial charge is 0.497 e. The van der Waals surface area contributed by atoms with Crippen LogP contribution in [0.4, 0.5) is 0 Å². The molecule has 2 amide bonds. The third kappa shape index (κ3) is 4.15. The van der Waals surface area contributed by atoms with E-state index in [-0.39, 0.29) is 23.3 Å². The summed E-state index contributed by atoms with van der Waals surface area (Å²) in [5.41, 5.74) is 0.701. The number of carbonyl (C=O) groups excluding carboxylic acids is 2. The van der Waals surface area contributed by atoms with Crippen LogP contribution in [0.2, 0.25) is 0 Å². The van der Waals surface area contributed by atoms with E-state index in [1.807, 2.05) is 34.1 Å². The van der Waals surface area contributed by atoms with Gasteiger partial charge in [-0.3, -0.25) is 9.59 Å². The maximum Gasteiger partial charge on any atom is 0.227 e. The van der Waals surface area contributed by atoms with Crippen molar-refractivity contribution < 1.29 is 23.8 Å². The Labute approximate surface area is 165 Å². The maximum atomic E-state index is 12.6. The first-order chi connectivity index (χ1) is 13.6. The van der Waals surface area contributed by atoms with Gasteiger partial charge >= 0.3 is 0 Å². The van der Waals surface area contributed by atoms with Gasteiger partial charge in [-0.2, -0.15) is 0 Å². The van der Waals surface area contributed by atoms with Gasteiger partial charge in [0, 0.05) is 19.5 Å². The standard InChI is InChI=1S/C21H28N2O5/c1-26-18-4-2-3-16(9-18)10-20(25)23-14-21(15-23)12-17(13-28-21)11-19(24)22-5-7-27-8-6-22/h2-4,9,17H,5-8,10-15H2,1H3. The summed E-state index contributed by atoms with van der Waals surface area (Å²) in [4.78, 5) is 28.7. The van der Waals surface area contributed by atoms with Gasteiger partial charge in [0.2, 0.25) is 11.8 Å². The zero-order valence-corrected chi connectivity index (χ0v) is 16.4. The third-order valence-corrected chi connectivity index (χ3v) is 5.91. The van der Waals surface area contributed by atoms with Crippen molar-refractivity contribution in [3.8, 4) is 5.75 Å². The zero-order valence-electron chi connectivity index (χ0n) is 16.4. The van der Waals surface area contributed by atoms with E-state index in [1.54, 1.807) is 7.11 Å². The van der Waals surface area contributed by atoms with Crippen LogP contribution in [0.25, 0.3) is 0 Å². The number of hydrogen-bond donors (Lipinski definition) is 0. The van der Waals surface area contributed by atoms with Gasteiger partial charge in [-0.25, -0.2) is 0 Å². The smallest absolute Gasteiger partial charge is 0.227 e. The van der Waals surface area contributed by atoms with Gasteiger partial charge in [-0.15, -0.1) is 0 Å². The molecule has 3 fully saturated rings. The van der Waals surface area contributed by atoms with Crippen LogP contribution in [0, 0.1) is 5.92 Å². The number of morpholine rings is 1. The first kappa shape index (κ1) is 19.2. The molecule has 152 valence electrons. The minimum atomic E-state index is -0.250. The lowest BCUT2D eigenvalue weighted by atomic mass is 9.85. The van der Waals surface area contributed by atoms with Crippen LogP contribution in [-0.4, -0.2) is 80.3 Å². The Morgan fingerprint density at radius 3 is 2.71 bits per heavy atom. The van der Waals surface area contributed by atoms with E-state index >= 15 is 0 Å². The lowest BCUT2D eigenvalue weighted by molar-refractivity contribution is -0.157. The molecule has 1 aromatic carbocycles. The zero-order chi connectivity index (χ0) is 19.6. The van der Waals surface area contributed by atoms with E-state index in [9.17, 15) is 9.59 Å². The van der Waals surface area contributed by atoms with Crippen molar-refractivity contribution >= 4 is 11.8 Å². The van der Waals surface area contributed by atoms with E-state index < -0.39 is 0 Å². The summed E-state index contributed by atoms with van der Waals surface area (Å²) < 4.78 is 16.6. The molecule has 1 atom stereocenters. The highest BCUT2D eigenvalue weighted by Crippen LogP contribution is 2.39. The molecule has 1 unspecified atom stereocenters. The number of nitrogens with zero attached hydrogens (tertiary/aromatic N) is 2. The molecule has 1 spiro atoms. The average molecular weight is 388 g/mol. The number of benzene rings is 1. The summed E-state index contributed by atoms with van der Waals surface area (Å²) in [6.07, 6.45) is 1.75. The number of ether oxygens (including phenoxy) is 3. The van der Waals surface area contributed by atoms with Crippen LogP contribution >= 0.6 is 0 Å². The highest BCUT2D eigenvalue weighted by Gasteiger charge is 2.51. The molecule has 3 saturated heterocycles. The quantitative estimate of drug-likeness (QED) is 0.756. The lowest BCUT2D eigenvalue weighted by Crippen LogP contribution is -2.63. The summed E-state index contributed by atoms with van der Waals surface area (Å²) in [5.74, 6) is 1.30. The van der Waals surface area contributed by atoms with Crippen LogP contribution in [0.5, 0.6) is 5.75 Å². The van der Waals surface area contributed by atoms with Crippen LogP contribution < -0.4 is 4.74 Å². The first-order valence-corrected chi connectivity index (χ1v) is 9.97. The van der Waals surface area contributed by atoms with E-state index in [0.717, 1.165) is 17.7 Å². The molecule has 1 aromatic rings. The Morgan fingerprint density at radius 1 is 1.18 bits per heavy atom. The van der Waals surface area contributed by atoms with Crippen molar-refractivity contribution in [1.82, 2.24) is 9.80 Å². The summed E-state index contributed by atoms with van der Waals surface area (Å²) >= 11 is 0. The number of carbonyl (C=O) groups is 2. The monoisotopic (exact) mass is 388 g/mol. The summed E-state index contributed by atoms with van der Waals surface area (Å²) in [7, 11) is 1.62. The van der Waals surface area contributed by atoms with Crippen molar-refractivity contribution in [1.29, 1.82) is 0 Å². The molecule has 0 radical (unpaired) electrons. The van der Waals surface area contributed by atoms with Crippen molar-refractivity contribution in [2.75, 3.05) is 53.1 Å². The maximum absolute atomic E-state index is 12.6. The van der Waals surface area contributed by atoms with E-state index in [1.165, 1.54) is 0 Å². The molecular weight excluding hydrogens is 360 g/mol. The lowest BCUT2D eigenvalue weighted by Gasteiger charge is -2.47. The minimum absolute atomic E-state index is 0.107. The fourth-order valence-electron chi connectivity index (χ4n) is 4.37. The number of amides is 2. The molecular formula is C21H28N2O5. The predicted octanol–water partition coefficient (Wildman–Crippen LogP) is 1.10. The topological polar surface area (TPSA) is 68.3 Å². The SMILES string of the molecule is COc1cccc(CC(=O)N2CC3(CC(CC(=O)N4CCOCC4)CO3)C2)c1. The predicted molar refractivity (Wildman–Crippen MR) is 102 cm³/mol. The summed E-state index contributed by atoms with van der Waals surface area (Å²) in [5, 5.41) is 0. The van der Waals surface area contributed by atoms with Gasteiger partial charge in [0.05, 0.1) is 46.4 Å². The van der Waals surface area contributed by atoms with Crippen molar-refractivity contribution in [3.63, 3.8) is 0 Å². The second-order valence-electron chi connectivity index (χ2n) is 8.04. The molecule has 7 nitrogen and oxygen atoms in total. The first-order valence-electron chi connectivity index (χ1n) is 9.97. The fourth-order valence-corrected chi connectivity index (χ4v) is 4.37. The highest BCUT2D eigenvalue weighted by molar-refractivity contribution is 5.80. The minimum Gasteiger partial charge on any atom is -0.497 e. The Balaban J connectivity index is 1.24. The molecule has 7 heteroatoms. The Bertz CT molecular complexity index is 725. The Morgan fingerprint density at radius 2 is 1.96 bits per heavy atom. The Kier molecular flexibility index (Phi) is 5.55. The second-order valence-corrected chi connectivity index (χ2v) is 8.04. The second kappa shape index (κ2) is 8.09. The number of likely N-dealkylation sites (tertiary alicyclic amines) is 1.